The second kappa shape index (κ2) is 3.70. The van der Waals surface area contributed by atoms with Gasteiger partial charge in [0.15, 0.2) is 0 Å². The van der Waals surface area contributed by atoms with E-state index in [1.807, 2.05) is 24.3 Å². The highest BCUT2D eigenvalue weighted by Crippen LogP contribution is 2.19. The second-order valence-corrected chi connectivity index (χ2v) is 4.10. The minimum Gasteiger partial charge on any atom is -0.366 e. The first-order valence-corrected chi connectivity index (χ1v) is 5.51. The minimum atomic E-state index is -0.536. The fourth-order valence-corrected chi connectivity index (χ4v) is 2.07. The summed E-state index contributed by atoms with van der Waals surface area (Å²) in [6.07, 6.45) is 0. The van der Waals surface area contributed by atoms with Crippen molar-refractivity contribution in [1.29, 1.82) is 0 Å². The van der Waals surface area contributed by atoms with Crippen molar-refractivity contribution in [3.63, 3.8) is 0 Å². The molecule has 88 valence electrons. The number of carbonyl (C=O) groups excluding carboxylic acids is 2. The number of benzene rings is 2. The number of nitrogens with zero attached hydrogens (tertiary/aromatic N) is 1. The van der Waals surface area contributed by atoms with Crippen LogP contribution in [0.5, 0.6) is 0 Å². The third-order valence-electron chi connectivity index (χ3n) is 2.96. The van der Waals surface area contributed by atoms with Crippen LogP contribution in [0.1, 0.15) is 20.7 Å². The summed E-state index contributed by atoms with van der Waals surface area (Å²) < 4.78 is 1.61. The average molecular weight is 238 g/mol. The molecule has 0 atom stereocenters. The number of hydrogen-bond acceptors (Lipinski definition) is 2. The Hall–Kier alpha value is -2.62. The number of aromatic nitrogens is 1. The summed E-state index contributed by atoms with van der Waals surface area (Å²) in [5.74, 6) is -0.691. The molecule has 1 aromatic carbocycles. The Morgan fingerprint density at radius 1 is 0.889 bits per heavy atom. The van der Waals surface area contributed by atoms with Gasteiger partial charge in [0.05, 0.1) is 0 Å². The highest BCUT2D eigenvalue weighted by molar-refractivity contribution is 6.04. The largest absolute Gasteiger partial charge is 0.366 e. The third-order valence-corrected chi connectivity index (χ3v) is 2.96. The molecule has 2 bridgehead atoms. The van der Waals surface area contributed by atoms with Gasteiger partial charge in [-0.2, -0.15) is 0 Å². The molecule has 18 heavy (non-hydrogen) atoms. The predicted molar refractivity (Wildman–Crippen MR) is 67.8 cm³/mol. The third kappa shape index (κ3) is 1.47. The molecule has 1 amide bonds. The molecule has 2 aromatic heterocycles. The summed E-state index contributed by atoms with van der Waals surface area (Å²) in [6.45, 7) is 0. The van der Waals surface area contributed by atoms with Gasteiger partial charge < -0.3 is 5.73 Å². The van der Waals surface area contributed by atoms with Crippen LogP contribution in [0.4, 0.5) is 0 Å². The van der Waals surface area contributed by atoms with Crippen LogP contribution in [-0.2, 0) is 0 Å². The standard InChI is InChI=1S/C14H10N2O2/c15-13(17)9-2-1-3-10(8-9)14(18)16-11-4-5-12(16)7-6-11/h1-8H,(H2,15,17). The van der Waals surface area contributed by atoms with Crippen LogP contribution in [-0.4, -0.2) is 16.4 Å². The van der Waals surface area contributed by atoms with Crippen LogP contribution in [0.15, 0.2) is 48.5 Å². The Morgan fingerprint density at radius 2 is 1.44 bits per heavy atom. The summed E-state index contributed by atoms with van der Waals surface area (Å²) >= 11 is 0. The van der Waals surface area contributed by atoms with Gasteiger partial charge in [-0.3, -0.25) is 14.2 Å². The van der Waals surface area contributed by atoms with E-state index in [0.717, 1.165) is 11.0 Å². The summed E-state index contributed by atoms with van der Waals surface area (Å²) in [6, 6.07) is 14.0. The molecule has 2 N–H and O–H groups in total. The van der Waals surface area contributed by atoms with Gasteiger partial charge in [-0.25, -0.2) is 0 Å². The fraction of sp³-hybridized carbons (Fsp3) is 0. The van der Waals surface area contributed by atoms with Crippen LogP contribution in [0.2, 0.25) is 0 Å². The minimum absolute atomic E-state index is 0.155. The van der Waals surface area contributed by atoms with Crippen LogP contribution >= 0.6 is 0 Å². The van der Waals surface area contributed by atoms with Gasteiger partial charge in [0.25, 0.3) is 5.91 Å². The van der Waals surface area contributed by atoms with Gasteiger partial charge >= 0.3 is 0 Å². The molecule has 4 nitrogen and oxygen atoms in total. The SMILES string of the molecule is NC(=O)c1cccc(C(=O)n2c3ccc2cc3)c1. The molecule has 0 fully saturated rings. The monoisotopic (exact) mass is 238 g/mol. The van der Waals surface area contributed by atoms with E-state index >= 15 is 0 Å². The van der Waals surface area contributed by atoms with Crippen molar-refractivity contribution in [2.75, 3.05) is 0 Å². The van der Waals surface area contributed by atoms with Crippen molar-refractivity contribution < 1.29 is 9.59 Å². The number of hydrogen-bond donors (Lipinski definition) is 1. The number of rotatable bonds is 2. The maximum absolute atomic E-state index is 12.3. The van der Waals surface area contributed by atoms with E-state index in [1.165, 1.54) is 6.07 Å². The highest BCUT2D eigenvalue weighted by atomic mass is 16.2. The molecule has 0 aliphatic carbocycles. The number of carbonyl (C=O) groups is 2. The zero-order valence-electron chi connectivity index (χ0n) is 9.46. The Bertz CT molecular complexity index is 695. The van der Waals surface area contributed by atoms with E-state index in [0.29, 0.717) is 11.1 Å². The Kier molecular flexibility index (Phi) is 2.16. The summed E-state index contributed by atoms with van der Waals surface area (Å²) in [5.41, 5.74) is 7.69. The smallest absolute Gasteiger partial charge is 0.262 e. The van der Waals surface area contributed by atoms with E-state index in [1.54, 1.807) is 22.8 Å². The van der Waals surface area contributed by atoms with Crippen molar-refractivity contribution in [3.05, 3.63) is 59.7 Å². The van der Waals surface area contributed by atoms with Crippen molar-refractivity contribution in [2.45, 2.75) is 0 Å². The first-order valence-electron chi connectivity index (χ1n) is 5.51. The van der Waals surface area contributed by atoms with E-state index in [2.05, 4.69) is 0 Å². The van der Waals surface area contributed by atoms with Crippen molar-refractivity contribution in [2.24, 2.45) is 5.73 Å². The molecule has 3 aromatic rings. The van der Waals surface area contributed by atoms with E-state index in [4.69, 9.17) is 5.73 Å². The van der Waals surface area contributed by atoms with Crippen molar-refractivity contribution in [1.82, 2.24) is 4.57 Å². The lowest BCUT2D eigenvalue weighted by molar-refractivity contribution is 0.0969. The summed E-state index contributed by atoms with van der Waals surface area (Å²) in [7, 11) is 0. The van der Waals surface area contributed by atoms with Gasteiger partial charge in [0.1, 0.15) is 0 Å². The molecular formula is C14H10N2O2. The molecule has 0 spiro atoms. The Balaban J connectivity index is 2.08. The van der Waals surface area contributed by atoms with Gasteiger partial charge in [-0.05, 0) is 42.5 Å². The van der Waals surface area contributed by atoms with Crippen LogP contribution in [0.25, 0.3) is 11.0 Å². The first kappa shape index (κ1) is 10.5. The zero-order chi connectivity index (χ0) is 12.7. The molecule has 0 aliphatic heterocycles. The Morgan fingerprint density at radius 3 is 2.00 bits per heavy atom. The van der Waals surface area contributed by atoms with Crippen LogP contribution in [0, 0.1) is 0 Å². The van der Waals surface area contributed by atoms with Gasteiger partial charge in [0.2, 0.25) is 5.91 Å². The van der Waals surface area contributed by atoms with E-state index in [-0.39, 0.29) is 5.91 Å². The molecule has 4 heteroatoms. The molecule has 3 rings (SSSR count). The van der Waals surface area contributed by atoms with Gasteiger partial charge in [0, 0.05) is 22.2 Å². The topological polar surface area (TPSA) is 65.1 Å². The quantitative estimate of drug-likeness (QED) is 0.740. The second-order valence-electron chi connectivity index (χ2n) is 4.10. The number of primary amides is 1. The number of amides is 1. The number of fused-ring (bicyclic) bond motifs is 2. The maximum Gasteiger partial charge on any atom is 0.262 e. The first-order chi connectivity index (χ1) is 8.66. The zero-order valence-corrected chi connectivity index (χ0v) is 9.46. The molecule has 2 heterocycles. The van der Waals surface area contributed by atoms with Crippen molar-refractivity contribution >= 4 is 22.8 Å². The molecule has 0 radical (unpaired) electrons. The molecule has 0 saturated heterocycles. The summed E-state index contributed by atoms with van der Waals surface area (Å²) in [5, 5.41) is 0. The van der Waals surface area contributed by atoms with Crippen molar-refractivity contribution in [3.8, 4) is 0 Å². The summed E-state index contributed by atoms with van der Waals surface area (Å²) in [4.78, 5) is 23.4. The lowest BCUT2D eigenvalue weighted by atomic mass is 10.1. The lowest BCUT2D eigenvalue weighted by Gasteiger charge is -2.04. The van der Waals surface area contributed by atoms with E-state index < -0.39 is 5.91 Å². The average Bonchev–Trinajstić information content (AvgIpc) is 2.98. The Labute approximate surface area is 103 Å². The normalized spacial score (nSPS) is 10.9. The lowest BCUT2D eigenvalue weighted by Crippen LogP contribution is -2.14. The fourth-order valence-electron chi connectivity index (χ4n) is 2.07. The molecule has 0 saturated carbocycles. The highest BCUT2D eigenvalue weighted by Gasteiger charge is 2.14. The van der Waals surface area contributed by atoms with Crippen LogP contribution < -0.4 is 5.73 Å². The molecule has 0 unspecified atom stereocenters. The maximum atomic E-state index is 12.3. The van der Waals surface area contributed by atoms with Crippen LogP contribution in [0.3, 0.4) is 0 Å². The number of nitrogens with two attached hydrogens (primary N) is 1. The predicted octanol–water partition coefficient (Wildman–Crippen LogP) is 1.87. The van der Waals surface area contributed by atoms with Gasteiger partial charge in [-0.1, -0.05) is 6.07 Å². The van der Waals surface area contributed by atoms with Gasteiger partial charge in [-0.15, -0.1) is 0 Å². The molecular weight excluding hydrogens is 228 g/mol. The molecule has 0 aliphatic rings. The van der Waals surface area contributed by atoms with E-state index in [9.17, 15) is 9.59 Å².